The smallest absolute Gasteiger partial charge is 0.399 e. The summed E-state index contributed by atoms with van der Waals surface area (Å²) in [7, 11) is -0.473. The molecule has 0 saturated carbocycles. The highest BCUT2D eigenvalue weighted by Gasteiger charge is 2.52. The molecule has 0 aromatic heterocycles. The zero-order valence-electron chi connectivity index (χ0n) is 13.2. The van der Waals surface area contributed by atoms with E-state index < -0.39 is 18.3 Å². The van der Waals surface area contributed by atoms with Gasteiger partial charge in [0.15, 0.2) is 0 Å². The number of hydrogen-bond donors (Lipinski definition) is 0. The van der Waals surface area contributed by atoms with Crippen LogP contribution in [0.3, 0.4) is 0 Å². The Morgan fingerprint density at radius 3 is 2.19 bits per heavy atom. The first-order valence-electron chi connectivity index (χ1n) is 7.25. The van der Waals surface area contributed by atoms with Gasteiger partial charge in [-0.3, -0.25) is 0 Å². The van der Waals surface area contributed by atoms with Gasteiger partial charge in [0.25, 0.3) is 0 Å². The minimum atomic E-state index is -0.473. The summed E-state index contributed by atoms with van der Waals surface area (Å²) in [6.45, 7) is 10.1. The third-order valence-electron chi connectivity index (χ3n) is 4.60. The van der Waals surface area contributed by atoms with Crippen molar-refractivity contribution in [3.8, 4) is 0 Å². The molecule has 2 aromatic rings. The van der Waals surface area contributed by atoms with Crippen LogP contribution in [0.15, 0.2) is 30.3 Å². The standard InChI is InChI=1S/C17H20BFO2/c1-11-8-12-6-7-13(19)10-14(12)15(9-11)18-20-16(2,3)17(4,5)21-18/h6-10H,1-5H3. The molecule has 4 heteroatoms. The van der Waals surface area contributed by atoms with E-state index >= 15 is 0 Å². The van der Waals surface area contributed by atoms with E-state index in [0.717, 1.165) is 21.8 Å². The van der Waals surface area contributed by atoms with Gasteiger partial charge in [0.2, 0.25) is 0 Å². The van der Waals surface area contributed by atoms with Crippen LogP contribution in [-0.4, -0.2) is 18.3 Å². The monoisotopic (exact) mass is 286 g/mol. The fourth-order valence-corrected chi connectivity index (χ4v) is 2.68. The van der Waals surface area contributed by atoms with Gasteiger partial charge in [-0.25, -0.2) is 4.39 Å². The van der Waals surface area contributed by atoms with Crippen LogP contribution >= 0.6 is 0 Å². The van der Waals surface area contributed by atoms with E-state index in [1.54, 1.807) is 12.1 Å². The first-order valence-corrected chi connectivity index (χ1v) is 7.25. The maximum atomic E-state index is 13.6. The Bertz CT molecular complexity index is 693. The molecule has 1 aliphatic heterocycles. The van der Waals surface area contributed by atoms with E-state index in [1.165, 1.54) is 6.07 Å². The van der Waals surface area contributed by atoms with Gasteiger partial charge >= 0.3 is 7.12 Å². The molecule has 3 rings (SSSR count). The zero-order valence-corrected chi connectivity index (χ0v) is 13.2. The lowest BCUT2D eigenvalue weighted by molar-refractivity contribution is 0.00578. The van der Waals surface area contributed by atoms with E-state index in [9.17, 15) is 4.39 Å². The number of halogens is 1. The van der Waals surface area contributed by atoms with Crippen molar-refractivity contribution in [2.24, 2.45) is 0 Å². The fraction of sp³-hybridized carbons (Fsp3) is 0.412. The molecule has 110 valence electrons. The lowest BCUT2D eigenvalue weighted by Crippen LogP contribution is -2.41. The Balaban J connectivity index is 2.15. The number of rotatable bonds is 1. The molecular formula is C17H20BFO2. The van der Waals surface area contributed by atoms with Gasteiger partial charge < -0.3 is 9.31 Å². The molecule has 21 heavy (non-hydrogen) atoms. The summed E-state index contributed by atoms with van der Waals surface area (Å²) >= 11 is 0. The molecule has 1 saturated heterocycles. The topological polar surface area (TPSA) is 18.5 Å². The first kappa shape index (κ1) is 14.5. The molecule has 0 bridgehead atoms. The van der Waals surface area contributed by atoms with E-state index in [-0.39, 0.29) is 5.82 Å². The van der Waals surface area contributed by atoms with E-state index in [4.69, 9.17) is 9.31 Å². The van der Waals surface area contributed by atoms with Crippen molar-refractivity contribution in [3.63, 3.8) is 0 Å². The van der Waals surface area contributed by atoms with Crippen LogP contribution < -0.4 is 5.46 Å². The van der Waals surface area contributed by atoms with Gasteiger partial charge in [0.05, 0.1) is 11.2 Å². The lowest BCUT2D eigenvalue weighted by atomic mass is 9.75. The van der Waals surface area contributed by atoms with Crippen LogP contribution in [0.25, 0.3) is 10.8 Å². The van der Waals surface area contributed by atoms with Gasteiger partial charge in [-0.15, -0.1) is 0 Å². The Kier molecular flexibility index (Phi) is 3.15. The number of aryl methyl sites for hydroxylation is 1. The summed E-state index contributed by atoms with van der Waals surface area (Å²) in [6.07, 6.45) is 0. The molecular weight excluding hydrogens is 266 g/mol. The van der Waals surface area contributed by atoms with Gasteiger partial charge in [-0.1, -0.05) is 23.8 Å². The average Bonchev–Trinajstić information content (AvgIpc) is 2.58. The molecule has 0 radical (unpaired) electrons. The molecule has 0 atom stereocenters. The quantitative estimate of drug-likeness (QED) is 0.746. The number of fused-ring (bicyclic) bond motifs is 1. The van der Waals surface area contributed by atoms with Crippen LogP contribution in [0, 0.1) is 12.7 Å². The van der Waals surface area contributed by atoms with Crippen molar-refractivity contribution in [2.75, 3.05) is 0 Å². The van der Waals surface area contributed by atoms with Crippen molar-refractivity contribution in [3.05, 3.63) is 41.7 Å². The van der Waals surface area contributed by atoms with Gasteiger partial charge in [0, 0.05) is 0 Å². The molecule has 2 nitrogen and oxygen atoms in total. The summed E-state index contributed by atoms with van der Waals surface area (Å²) in [5, 5.41) is 1.85. The Hall–Kier alpha value is -1.39. The van der Waals surface area contributed by atoms with Crippen LogP contribution in [-0.2, 0) is 9.31 Å². The Labute approximate surface area is 125 Å². The summed E-state index contributed by atoms with van der Waals surface area (Å²) in [5.41, 5.74) is 1.20. The first-order chi connectivity index (χ1) is 9.69. The molecule has 1 heterocycles. The zero-order chi connectivity index (χ0) is 15.4. The molecule has 0 spiro atoms. The molecule has 2 aromatic carbocycles. The van der Waals surface area contributed by atoms with Crippen molar-refractivity contribution in [1.82, 2.24) is 0 Å². The SMILES string of the molecule is Cc1cc(B2OC(C)(C)C(C)(C)O2)c2cc(F)ccc2c1. The maximum absolute atomic E-state index is 13.6. The van der Waals surface area contributed by atoms with Crippen molar-refractivity contribution < 1.29 is 13.7 Å². The maximum Gasteiger partial charge on any atom is 0.495 e. The molecule has 0 amide bonds. The predicted molar refractivity (Wildman–Crippen MR) is 84.4 cm³/mol. The van der Waals surface area contributed by atoms with Crippen molar-refractivity contribution in [1.29, 1.82) is 0 Å². The normalized spacial score (nSPS) is 20.2. The summed E-state index contributed by atoms with van der Waals surface area (Å²) in [6, 6.07) is 8.89. The average molecular weight is 286 g/mol. The minimum Gasteiger partial charge on any atom is -0.399 e. The van der Waals surface area contributed by atoms with Gasteiger partial charge in [0.1, 0.15) is 5.82 Å². The largest absolute Gasteiger partial charge is 0.495 e. The Morgan fingerprint density at radius 1 is 0.952 bits per heavy atom. The molecule has 0 unspecified atom stereocenters. The highest BCUT2D eigenvalue weighted by atomic mass is 19.1. The van der Waals surface area contributed by atoms with E-state index in [2.05, 4.69) is 0 Å². The lowest BCUT2D eigenvalue weighted by Gasteiger charge is -2.32. The highest BCUT2D eigenvalue weighted by Crippen LogP contribution is 2.37. The second kappa shape index (κ2) is 4.55. The molecule has 0 N–H and O–H groups in total. The van der Waals surface area contributed by atoms with E-state index in [1.807, 2.05) is 46.8 Å². The second-order valence-electron chi connectivity index (χ2n) is 6.81. The van der Waals surface area contributed by atoms with E-state index in [0.29, 0.717) is 0 Å². The third-order valence-corrected chi connectivity index (χ3v) is 4.60. The summed E-state index contributed by atoms with van der Waals surface area (Å²) in [5.74, 6) is -0.246. The van der Waals surface area contributed by atoms with Crippen LogP contribution in [0.5, 0.6) is 0 Å². The summed E-state index contributed by atoms with van der Waals surface area (Å²) < 4.78 is 25.8. The van der Waals surface area contributed by atoms with Crippen molar-refractivity contribution >= 4 is 23.4 Å². The molecule has 1 fully saturated rings. The second-order valence-corrected chi connectivity index (χ2v) is 6.81. The summed E-state index contributed by atoms with van der Waals surface area (Å²) in [4.78, 5) is 0. The molecule has 1 aliphatic rings. The predicted octanol–water partition coefficient (Wildman–Crippen LogP) is 3.59. The third kappa shape index (κ3) is 2.36. The minimum absolute atomic E-state index is 0.246. The van der Waals surface area contributed by atoms with Gasteiger partial charge in [-0.2, -0.15) is 0 Å². The van der Waals surface area contributed by atoms with Crippen molar-refractivity contribution in [2.45, 2.75) is 45.8 Å². The molecule has 0 aliphatic carbocycles. The van der Waals surface area contributed by atoms with Crippen LogP contribution in [0.4, 0.5) is 4.39 Å². The number of benzene rings is 2. The number of hydrogen-bond acceptors (Lipinski definition) is 2. The van der Waals surface area contributed by atoms with Gasteiger partial charge in [-0.05, 0) is 63.0 Å². The fourth-order valence-electron chi connectivity index (χ4n) is 2.68. The van der Waals surface area contributed by atoms with Crippen LogP contribution in [0.2, 0.25) is 0 Å². The van der Waals surface area contributed by atoms with Crippen LogP contribution in [0.1, 0.15) is 33.3 Å². The highest BCUT2D eigenvalue weighted by molar-refractivity contribution is 6.65. The Morgan fingerprint density at radius 2 is 1.57 bits per heavy atom.